The summed E-state index contributed by atoms with van der Waals surface area (Å²) in [6.45, 7) is 2.04. The second-order valence-corrected chi connectivity index (χ2v) is 13.0. The largest absolute Gasteiger partial charge is 0.497 e. The Morgan fingerprint density at radius 3 is 2.26 bits per heavy atom. The summed E-state index contributed by atoms with van der Waals surface area (Å²) in [6, 6.07) is 25.7. The summed E-state index contributed by atoms with van der Waals surface area (Å²) in [6.07, 6.45) is 4.78. The molecule has 2 aliphatic heterocycles. The lowest BCUT2D eigenvalue weighted by molar-refractivity contribution is -0.143. The van der Waals surface area contributed by atoms with Crippen LogP contribution >= 0.6 is 0 Å². The summed E-state index contributed by atoms with van der Waals surface area (Å²) >= 11 is 0. The van der Waals surface area contributed by atoms with E-state index in [4.69, 9.17) is 10.5 Å². The number of nitrogens with one attached hydrogen (secondary N) is 2. The first kappa shape index (κ1) is 34.1. The highest BCUT2D eigenvalue weighted by atomic mass is 16.5. The SMILES string of the molecule is COc1ccc(CCNC(=O)[C@@H]2CC[C@@H]3CC[C@H](CCN(C)Cc4ccccc4)[C@H](NC(=O)[C@H](N)Cc4ccccc4)C(=O)N32)cc1. The van der Waals surface area contributed by atoms with E-state index in [0.717, 1.165) is 55.6 Å². The van der Waals surface area contributed by atoms with Crippen LogP contribution in [0.25, 0.3) is 0 Å². The Balaban J connectivity index is 1.27. The first-order valence-corrected chi connectivity index (χ1v) is 16.9. The van der Waals surface area contributed by atoms with E-state index in [1.54, 1.807) is 12.0 Å². The predicted molar refractivity (Wildman–Crippen MR) is 184 cm³/mol. The number of hydrogen-bond acceptors (Lipinski definition) is 6. The number of nitrogens with zero attached hydrogens (tertiary/aromatic N) is 2. The highest BCUT2D eigenvalue weighted by Gasteiger charge is 2.47. The molecule has 0 aliphatic carbocycles. The van der Waals surface area contributed by atoms with Crippen LogP contribution in [0.1, 0.15) is 48.8 Å². The summed E-state index contributed by atoms with van der Waals surface area (Å²) in [7, 11) is 3.72. The Morgan fingerprint density at radius 1 is 0.915 bits per heavy atom. The highest BCUT2D eigenvalue weighted by Crippen LogP contribution is 2.35. The maximum atomic E-state index is 14.4. The van der Waals surface area contributed by atoms with Gasteiger partial charge in [-0.05, 0) is 93.3 Å². The molecular formula is C38H49N5O4. The topological polar surface area (TPSA) is 117 Å². The smallest absolute Gasteiger partial charge is 0.246 e. The monoisotopic (exact) mass is 639 g/mol. The van der Waals surface area contributed by atoms with Gasteiger partial charge in [0.1, 0.15) is 17.8 Å². The average molecular weight is 640 g/mol. The van der Waals surface area contributed by atoms with Gasteiger partial charge in [-0.1, -0.05) is 72.8 Å². The maximum absolute atomic E-state index is 14.4. The van der Waals surface area contributed by atoms with Crippen molar-refractivity contribution in [3.8, 4) is 5.75 Å². The van der Waals surface area contributed by atoms with E-state index >= 15 is 0 Å². The van der Waals surface area contributed by atoms with Crippen molar-refractivity contribution in [3.63, 3.8) is 0 Å². The fourth-order valence-electron chi connectivity index (χ4n) is 7.00. The minimum Gasteiger partial charge on any atom is -0.497 e. The van der Waals surface area contributed by atoms with E-state index in [1.807, 2.05) is 72.8 Å². The van der Waals surface area contributed by atoms with Crippen LogP contribution in [0.15, 0.2) is 84.9 Å². The van der Waals surface area contributed by atoms with E-state index in [1.165, 1.54) is 5.56 Å². The summed E-state index contributed by atoms with van der Waals surface area (Å²) < 4.78 is 5.24. The molecule has 250 valence electrons. The quantitative estimate of drug-likeness (QED) is 0.248. The number of benzene rings is 3. The highest BCUT2D eigenvalue weighted by molar-refractivity contribution is 5.94. The Hall–Kier alpha value is -4.21. The first-order valence-electron chi connectivity index (χ1n) is 16.9. The average Bonchev–Trinajstić information content (AvgIpc) is 3.47. The molecule has 0 aromatic heterocycles. The Bertz CT molecular complexity index is 1450. The normalized spacial score (nSPS) is 21.5. The minimum absolute atomic E-state index is 0.0238. The van der Waals surface area contributed by atoms with Gasteiger partial charge < -0.3 is 30.9 Å². The third kappa shape index (κ3) is 9.20. The van der Waals surface area contributed by atoms with Crippen molar-refractivity contribution < 1.29 is 19.1 Å². The predicted octanol–water partition coefficient (Wildman–Crippen LogP) is 3.70. The van der Waals surface area contributed by atoms with Crippen LogP contribution in [0.2, 0.25) is 0 Å². The first-order chi connectivity index (χ1) is 22.8. The van der Waals surface area contributed by atoms with Crippen molar-refractivity contribution >= 4 is 17.7 Å². The number of hydrogen-bond donors (Lipinski definition) is 3. The number of amides is 3. The third-order valence-electron chi connectivity index (χ3n) is 9.65. The van der Waals surface area contributed by atoms with Crippen molar-refractivity contribution in [3.05, 3.63) is 102 Å². The molecule has 2 saturated heterocycles. The molecule has 0 spiro atoms. The van der Waals surface area contributed by atoms with Gasteiger partial charge in [0.05, 0.1) is 13.2 Å². The van der Waals surface area contributed by atoms with E-state index in [2.05, 4.69) is 34.7 Å². The van der Waals surface area contributed by atoms with Crippen molar-refractivity contribution in [1.29, 1.82) is 0 Å². The zero-order valence-electron chi connectivity index (χ0n) is 27.6. The molecule has 0 radical (unpaired) electrons. The summed E-state index contributed by atoms with van der Waals surface area (Å²) in [5.41, 5.74) is 9.68. The van der Waals surface area contributed by atoms with Crippen LogP contribution in [0.3, 0.4) is 0 Å². The molecule has 3 amide bonds. The number of ether oxygens (including phenoxy) is 1. The van der Waals surface area contributed by atoms with Gasteiger partial charge in [-0.15, -0.1) is 0 Å². The Kier molecular flexibility index (Phi) is 12.0. The van der Waals surface area contributed by atoms with Crippen molar-refractivity contribution in [2.24, 2.45) is 11.7 Å². The van der Waals surface area contributed by atoms with Crippen LogP contribution in [-0.4, -0.2) is 78.9 Å². The lowest BCUT2D eigenvalue weighted by Gasteiger charge is -2.33. The van der Waals surface area contributed by atoms with E-state index in [0.29, 0.717) is 25.8 Å². The molecule has 9 nitrogen and oxygen atoms in total. The number of rotatable bonds is 14. The second-order valence-electron chi connectivity index (χ2n) is 13.0. The van der Waals surface area contributed by atoms with Gasteiger partial charge >= 0.3 is 0 Å². The minimum atomic E-state index is -0.790. The molecule has 9 heteroatoms. The van der Waals surface area contributed by atoms with Crippen molar-refractivity contribution in [2.75, 3.05) is 27.2 Å². The molecule has 5 rings (SSSR count). The second kappa shape index (κ2) is 16.6. The number of methoxy groups -OCH3 is 1. The van der Waals surface area contributed by atoms with Gasteiger partial charge in [0.25, 0.3) is 0 Å². The van der Waals surface area contributed by atoms with Gasteiger partial charge in [-0.25, -0.2) is 0 Å². The Labute approximate surface area is 278 Å². The van der Waals surface area contributed by atoms with Crippen molar-refractivity contribution in [2.45, 2.75) is 75.7 Å². The van der Waals surface area contributed by atoms with Gasteiger partial charge in [0, 0.05) is 19.1 Å². The van der Waals surface area contributed by atoms with E-state index in [9.17, 15) is 14.4 Å². The molecule has 5 atom stereocenters. The lowest BCUT2D eigenvalue weighted by atomic mass is 9.89. The summed E-state index contributed by atoms with van der Waals surface area (Å²) in [4.78, 5) is 45.5. The molecule has 3 aromatic rings. The number of nitrogens with two attached hydrogens (primary N) is 1. The maximum Gasteiger partial charge on any atom is 0.246 e. The molecule has 4 N–H and O–H groups in total. The van der Waals surface area contributed by atoms with Crippen LogP contribution in [0, 0.1) is 5.92 Å². The van der Waals surface area contributed by atoms with Crippen LogP contribution < -0.4 is 21.1 Å². The standard InChI is InChI=1S/C38H49N5O4/c1-42(26-29-11-7-4-8-12-29)24-22-30-15-16-31-17-20-34(37(45)40-23-21-27-13-18-32(47-2)19-14-27)43(31)38(46)35(30)41-36(44)33(39)25-28-9-5-3-6-10-28/h3-14,18-19,30-31,33-35H,15-17,20-26,39H2,1-2H3,(H,40,45)(H,41,44)/t30-,31+,33-,34+,35+/m1/s1. The van der Waals surface area contributed by atoms with Gasteiger partial charge in [-0.2, -0.15) is 0 Å². The van der Waals surface area contributed by atoms with Crippen molar-refractivity contribution in [1.82, 2.24) is 20.4 Å². The van der Waals surface area contributed by atoms with E-state index < -0.39 is 18.1 Å². The number of carbonyl (C=O) groups excluding carboxylic acids is 3. The fraction of sp³-hybridized carbons (Fsp3) is 0.447. The molecule has 47 heavy (non-hydrogen) atoms. The van der Waals surface area contributed by atoms with Crippen LogP contribution in [0.4, 0.5) is 0 Å². The fourth-order valence-corrected chi connectivity index (χ4v) is 7.00. The van der Waals surface area contributed by atoms with Crippen LogP contribution in [0.5, 0.6) is 5.75 Å². The molecule has 0 unspecified atom stereocenters. The van der Waals surface area contributed by atoms with Gasteiger partial charge in [0.15, 0.2) is 0 Å². The van der Waals surface area contributed by atoms with Gasteiger partial charge in [0.2, 0.25) is 17.7 Å². The molecule has 0 saturated carbocycles. The van der Waals surface area contributed by atoms with E-state index in [-0.39, 0.29) is 29.7 Å². The molecule has 2 heterocycles. The Morgan fingerprint density at radius 2 is 1.57 bits per heavy atom. The van der Waals surface area contributed by atoms with Crippen LogP contribution in [-0.2, 0) is 33.8 Å². The number of fused-ring (bicyclic) bond motifs is 1. The van der Waals surface area contributed by atoms with Gasteiger partial charge in [-0.3, -0.25) is 14.4 Å². The molecule has 3 aromatic carbocycles. The molecule has 2 fully saturated rings. The molecule has 2 aliphatic rings. The summed E-state index contributed by atoms with van der Waals surface area (Å²) in [5, 5.41) is 6.16. The molecular weight excluding hydrogens is 590 g/mol. The number of carbonyl (C=O) groups is 3. The zero-order valence-corrected chi connectivity index (χ0v) is 27.6. The zero-order chi connectivity index (χ0) is 33.2. The lowest BCUT2D eigenvalue weighted by Crippen LogP contribution is -2.58. The molecule has 0 bridgehead atoms. The third-order valence-corrected chi connectivity index (χ3v) is 9.65. The summed E-state index contributed by atoms with van der Waals surface area (Å²) in [5.74, 6) is 0.0711.